The Morgan fingerprint density at radius 1 is 1.37 bits per heavy atom. The van der Waals surface area contributed by atoms with Crippen molar-refractivity contribution in [3.63, 3.8) is 0 Å². The number of rotatable bonds is 8. The standard InChI is InChI=1S/C15H26N2O2/c1-4-19-15-6-5-14(7-12(15)10-18)17-9-13(8-16)11(2)3/h5-7,11,13,17-18H,4,8-10,16H2,1-3H3. The van der Waals surface area contributed by atoms with Gasteiger partial charge in [-0.25, -0.2) is 0 Å². The van der Waals surface area contributed by atoms with Gasteiger partial charge in [0, 0.05) is 17.8 Å². The summed E-state index contributed by atoms with van der Waals surface area (Å²) in [6, 6.07) is 5.79. The molecule has 1 atom stereocenters. The molecule has 0 radical (unpaired) electrons. The molecule has 0 aliphatic carbocycles. The Morgan fingerprint density at radius 2 is 2.11 bits per heavy atom. The molecule has 0 spiro atoms. The van der Waals surface area contributed by atoms with Crippen LogP contribution in [0, 0.1) is 11.8 Å². The van der Waals surface area contributed by atoms with Gasteiger partial charge in [-0.2, -0.15) is 0 Å². The van der Waals surface area contributed by atoms with E-state index in [1.807, 2.05) is 25.1 Å². The summed E-state index contributed by atoms with van der Waals surface area (Å²) in [7, 11) is 0. The quantitative estimate of drug-likeness (QED) is 0.675. The third-order valence-corrected chi connectivity index (χ3v) is 3.34. The van der Waals surface area contributed by atoms with Crippen molar-refractivity contribution in [3.05, 3.63) is 23.8 Å². The molecule has 19 heavy (non-hydrogen) atoms. The number of benzene rings is 1. The maximum atomic E-state index is 9.35. The topological polar surface area (TPSA) is 67.5 Å². The SMILES string of the molecule is CCOc1ccc(NCC(CN)C(C)C)cc1CO. The summed E-state index contributed by atoms with van der Waals surface area (Å²) in [5.41, 5.74) is 7.56. The molecule has 0 aliphatic rings. The van der Waals surface area contributed by atoms with Crippen LogP contribution in [-0.4, -0.2) is 24.8 Å². The molecule has 1 aromatic carbocycles. The maximum Gasteiger partial charge on any atom is 0.124 e. The van der Waals surface area contributed by atoms with Crippen LogP contribution in [0.5, 0.6) is 5.75 Å². The average Bonchev–Trinajstić information content (AvgIpc) is 2.40. The van der Waals surface area contributed by atoms with Crippen molar-refractivity contribution < 1.29 is 9.84 Å². The second kappa shape index (κ2) is 8.02. The first-order chi connectivity index (χ1) is 9.12. The number of hydrogen-bond donors (Lipinski definition) is 3. The number of aliphatic hydroxyl groups excluding tert-OH is 1. The van der Waals surface area contributed by atoms with E-state index < -0.39 is 0 Å². The predicted octanol–water partition coefficient (Wildman–Crippen LogP) is 2.22. The van der Waals surface area contributed by atoms with Gasteiger partial charge < -0.3 is 20.9 Å². The summed E-state index contributed by atoms with van der Waals surface area (Å²) in [5.74, 6) is 1.75. The molecule has 4 N–H and O–H groups in total. The maximum absolute atomic E-state index is 9.35. The number of anilines is 1. The fourth-order valence-electron chi connectivity index (χ4n) is 1.95. The van der Waals surface area contributed by atoms with Crippen LogP contribution in [0.4, 0.5) is 5.69 Å². The first-order valence-electron chi connectivity index (χ1n) is 6.92. The van der Waals surface area contributed by atoms with Crippen molar-refractivity contribution in [1.82, 2.24) is 0 Å². The van der Waals surface area contributed by atoms with Crippen LogP contribution in [0.3, 0.4) is 0 Å². The summed E-state index contributed by atoms with van der Waals surface area (Å²) in [6.45, 7) is 8.38. The van der Waals surface area contributed by atoms with Crippen LogP contribution in [0.2, 0.25) is 0 Å². The third kappa shape index (κ3) is 4.73. The molecule has 1 aromatic rings. The summed E-state index contributed by atoms with van der Waals surface area (Å²) in [4.78, 5) is 0. The van der Waals surface area contributed by atoms with Gasteiger partial charge in [0.1, 0.15) is 5.75 Å². The molecule has 108 valence electrons. The van der Waals surface area contributed by atoms with Gasteiger partial charge in [0.25, 0.3) is 0 Å². The van der Waals surface area contributed by atoms with E-state index >= 15 is 0 Å². The van der Waals surface area contributed by atoms with Gasteiger partial charge in [0.15, 0.2) is 0 Å². The fourth-order valence-corrected chi connectivity index (χ4v) is 1.95. The highest BCUT2D eigenvalue weighted by Gasteiger charge is 2.11. The summed E-state index contributed by atoms with van der Waals surface area (Å²) in [5, 5.41) is 12.7. The molecular weight excluding hydrogens is 240 g/mol. The molecule has 0 aromatic heterocycles. The van der Waals surface area contributed by atoms with Crippen LogP contribution >= 0.6 is 0 Å². The highest BCUT2D eigenvalue weighted by molar-refractivity contribution is 5.51. The van der Waals surface area contributed by atoms with Crippen molar-refractivity contribution in [2.24, 2.45) is 17.6 Å². The summed E-state index contributed by atoms with van der Waals surface area (Å²) in [6.07, 6.45) is 0. The zero-order valence-corrected chi connectivity index (χ0v) is 12.1. The van der Waals surface area contributed by atoms with Gasteiger partial charge in [-0.3, -0.25) is 0 Å². The largest absolute Gasteiger partial charge is 0.494 e. The van der Waals surface area contributed by atoms with E-state index in [9.17, 15) is 5.11 Å². The summed E-state index contributed by atoms with van der Waals surface area (Å²) < 4.78 is 5.46. The third-order valence-electron chi connectivity index (χ3n) is 3.34. The van der Waals surface area contributed by atoms with Crippen molar-refractivity contribution in [2.45, 2.75) is 27.4 Å². The Labute approximate surface area is 116 Å². The van der Waals surface area contributed by atoms with Crippen molar-refractivity contribution >= 4 is 5.69 Å². The minimum absolute atomic E-state index is 0.0185. The van der Waals surface area contributed by atoms with Gasteiger partial charge in [-0.05, 0) is 43.5 Å². The van der Waals surface area contributed by atoms with Gasteiger partial charge in [-0.1, -0.05) is 13.8 Å². The molecule has 0 saturated heterocycles. The second-order valence-corrected chi connectivity index (χ2v) is 5.03. The van der Waals surface area contributed by atoms with E-state index in [1.54, 1.807) is 0 Å². The summed E-state index contributed by atoms with van der Waals surface area (Å²) >= 11 is 0. The Bertz CT molecular complexity index is 380. The Balaban J connectivity index is 2.69. The normalized spacial score (nSPS) is 12.5. The van der Waals surface area contributed by atoms with Crippen molar-refractivity contribution in [3.8, 4) is 5.75 Å². The van der Waals surface area contributed by atoms with Crippen molar-refractivity contribution in [1.29, 1.82) is 0 Å². The van der Waals surface area contributed by atoms with Crippen LogP contribution < -0.4 is 15.8 Å². The second-order valence-electron chi connectivity index (χ2n) is 5.03. The molecule has 0 amide bonds. The molecular formula is C15H26N2O2. The Morgan fingerprint density at radius 3 is 2.63 bits per heavy atom. The van der Waals surface area contributed by atoms with Crippen LogP contribution in [-0.2, 0) is 6.61 Å². The predicted molar refractivity (Wildman–Crippen MR) is 79.4 cm³/mol. The first kappa shape index (κ1) is 15.8. The van der Waals surface area contributed by atoms with Crippen LogP contribution in [0.15, 0.2) is 18.2 Å². The number of hydrogen-bond acceptors (Lipinski definition) is 4. The zero-order chi connectivity index (χ0) is 14.3. The highest BCUT2D eigenvalue weighted by atomic mass is 16.5. The number of aliphatic hydroxyl groups is 1. The first-order valence-corrected chi connectivity index (χ1v) is 6.92. The number of ether oxygens (including phenoxy) is 1. The van der Waals surface area contributed by atoms with E-state index in [1.165, 1.54) is 0 Å². The van der Waals surface area contributed by atoms with Crippen LogP contribution in [0.25, 0.3) is 0 Å². The minimum Gasteiger partial charge on any atom is -0.494 e. The van der Waals surface area contributed by atoms with Crippen molar-refractivity contribution in [2.75, 3.05) is 25.0 Å². The molecule has 4 nitrogen and oxygen atoms in total. The van der Waals surface area contributed by atoms with E-state index in [4.69, 9.17) is 10.5 Å². The Kier molecular flexibility index (Phi) is 6.67. The van der Waals surface area contributed by atoms with Gasteiger partial charge in [-0.15, -0.1) is 0 Å². The van der Waals surface area contributed by atoms with Crippen LogP contribution in [0.1, 0.15) is 26.3 Å². The number of nitrogens with one attached hydrogen (secondary N) is 1. The van der Waals surface area contributed by atoms with E-state index in [0.717, 1.165) is 23.5 Å². The number of nitrogens with two attached hydrogens (primary N) is 1. The minimum atomic E-state index is -0.0185. The molecule has 1 rings (SSSR count). The molecule has 0 saturated carbocycles. The lowest BCUT2D eigenvalue weighted by atomic mass is 9.96. The molecule has 0 fully saturated rings. The lowest BCUT2D eigenvalue weighted by Gasteiger charge is -2.20. The fraction of sp³-hybridized carbons (Fsp3) is 0.600. The molecule has 0 heterocycles. The lowest BCUT2D eigenvalue weighted by molar-refractivity contribution is 0.267. The van der Waals surface area contributed by atoms with Gasteiger partial charge >= 0.3 is 0 Å². The lowest BCUT2D eigenvalue weighted by Crippen LogP contribution is -2.27. The van der Waals surface area contributed by atoms with E-state index in [0.29, 0.717) is 25.0 Å². The smallest absolute Gasteiger partial charge is 0.124 e. The highest BCUT2D eigenvalue weighted by Crippen LogP contribution is 2.23. The monoisotopic (exact) mass is 266 g/mol. The average molecular weight is 266 g/mol. The molecule has 4 heteroatoms. The molecule has 0 aliphatic heterocycles. The van der Waals surface area contributed by atoms with Gasteiger partial charge in [0.05, 0.1) is 13.2 Å². The molecule has 1 unspecified atom stereocenters. The van der Waals surface area contributed by atoms with E-state index in [-0.39, 0.29) is 6.61 Å². The van der Waals surface area contributed by atoms with E-state index in [2.05, 4.69) is 19.2 Å². The molecule has 0 bridgehead atoms. The Hall–Kier alpha value is -1.26. The van der Waals surface area contributed by atoms with Gasteiger partial charge in [0.2, 0.25) is 0 Å². The zero-order valence-electron chi connectivity index (χ0n) is 12.1.